The number of alkyl halides is 3. The van der Waals surface area contributed by atoms with Gasteiger partial charge in [-0.1, -0.05) is 26.7 Å². The van der Waals surface area contributed by atoms with Crippen molar-refractivity contribution in [3.63, 3.8) is 0 Å². The van der Waals surface area contributed by atoms with E-state index in [1.54, 1.807) is 6.92 Å². The molecule has 104 valence electrons. The van der Waals surface area contributed by atoms with E-state index in [1.165, 1.54) is 11.3 Å². The Labute approximate surface area is 103 Å². The molecular formula is C12H25F3N2. The standard InChI is InChI=1S/C12H25F3N2/c1-4-6-7-8-16-9-11(3)17(5-2)10-12(13,14)15/h11,16H,4-10H2,1-3H3. The van der Waals surface area contributed by atoms with Crippen molar-refractivity contribution >= 4 is 0 Å². The molecule has 0 saturated carbocycles. The van der Waals surface area contributed by atoms with Crippen LogP contribution in [0.4, 0.5) is 13.2 Å². The SMILES string of the molecule is CCCCCNCC(C)N(CC)CC(F)(F)F. The van der Waals surface area contributed by atoms with Crippen LogP contribution in [0, 0.1) is 0 Å². The molecule has 1 unspecified atom stereocenters. The van der Waals surface area contributed by atoms with E-state index < -0.39 is 12.7 Å². The van der Waals surface area contributed by atoms with Crippen molar-refractivity contribution < 1.29 is 13.2 Å². The molecule has 0 amide bonds. The van der Waals surface area contributed by atoms with Crippen LogP contribution in [0.5, 0.6) is 0 Å². The zero-order valence-electron chi connectivity index (χ0n) is 11.1. The number of rotatable bonds is 9. The van der Waals surface area contributed by atoms with Gasteiger partial charge in [-0.2, -0.15) is 13.2 Å². The third-order valence-corrected chi connectivity index (χ3v) is 2.81. The zero-order valence-corrected chi connectivity index (χ0v) is 11.1. The first kappa shape index (κ1) is 16.7. The van der Waals surface area contributed by atoms with Gasteiger partial charge in [0.2, 0.25) is 0 Å². The first-order valence-electron chi connectivity index (χ1n) is 6.42. The summed E-state index contributed by atoms with van der Waals surface area (Å²) in [7, 11) is 0. The van der Waals surface area contributed by atoms with Crippen LogP contribution in [-0.4, -0.2) is 43.3 Å². The van der Waals surface area contributed by atoms with Gasteiger partial charge in [0.05, 0.1) is 6.54 Å². The maximum atomic E-state index is 12.3. The minimum atomic E-state index is -4.10. The molecule has 1 atom stereocenters. The average Bonchev–Trinajstić information content (AvgIpc) is 2.24. The van der Waals surface area contributed by atoms with Crippen molar-refractivity contribution in [2.24, 2.45) is 0 Å². The lowest BCUT2D eigenvalue weighted by molar-refractivity contribution is -0.149. The molecule has 0 fully saturated rings. The summed E-state index contributed by atoms with van der Waals surface area (Å²) in [5.74, 6) is 0. The van der Waals surface area contributed by atoms with Crippen molar-refractivity contribution in [2.45, 2.75) is 52.3 Å². The molecule has 0 aliphatic rings. The third-order valence-electron chi connectivity index (χ3n) is 2.81. The maximum Gasteiger partial charge on any atom is 0.401 e. The van der Waals surface area contributed by atoms with Crippen LogP contribution in [0.2, 0.25) is 0 Å². The Morgan fingerprint density at radius 2 is 1.82 bits per heavy atom. The lowest BCUT2D eigenvalue weighted by Crippen LogP contribution is -2.45. The van der Waals surface area contributed by atoms with Crippen molar-refractivity contribution in [3.8, 4) is 0 Å². The normalized spacial score (nSPS) is 14.3. The predicted octanol–water partition coefficient (Wildman–Crippen LogP) is 3.04. The van der Waals surface area contributed by atoms with Crippen LogP contribution in [0.1, 0.15) is 40.0 Å². The first-order chi connectivity index (χ1) is 7.90. The van der Waals surface area contributed by atoms with E-state index in [4.69, 9.17) is 0 Å². The van der Waals surface area contributed by atoms with Gasteiger partial charge in [-0.25, -0.2) is 0 Å². The average molecular weight is 254 g/mol. The van der Waals surface area contributed by atoms with Crippen LogP contribution in [0.25, 0.3) is 0 Å². The van der Waals surface area contributed by atoms with Crippen LogP contribution < -0.4 is 5.32 Å². The molecular weight excluding hydrogens is 229 g/mol. The second-order valence-electron chi connectivity index (χ2n) is 4.44. The number of nitrogens with one attached hydrogen (secondary N) is 1. The van der Waals surface area contributed by atoms with Crippen LogP contribution in [0.3, 0.4) is 0 Å². The Bertz CT molecular complexity index is 183. The zero-order chi connectivity index (χ0) is 13.3. The summed E-state index contributed by atoms with van der Waals surface area (Å²) in [5, 5.41) is 3.21. The molecule has 1 N–H and O–H groups in total. The van der Waals surface area contributed by atoms with E-state index in [0.29, 0.717) is 13.1 Å². The van der Waals surface area contributed by atoms with Gasteiger partial charge in [-0.05, 0) is 26.4 Å². The molecule has 0 aliphatic heterocycles. The number of likely N-dealkylation sites (N-methyl/N-ethyl adjacent to an activating group) is 1. The molecule has 0 rings (SSSR count). The Balaban J connectivity index is 3.80. The molecule has 0 spiro atoms. The summed E-state index contributed by atoms with van der Waals surface area (Å²) in [6.45, 7) is 6.85. The fourth-order valence-corrected chi connectivity index (χ4v) is 1.75. The Morgan fingerprint density at radius 1 is 1.18 bits per heavy atom. The van der Waals surface area contributed by atoms with Gasteiger partial charge in [0.1, 0.15) is 0 Å². The maximum absolute atomic E-state index is 12.3. The van der Waals surface area contributed by atoms with Crippen LogP contribution in [0.15, 0.2) is 0 Å². The minimum Gasteiger partial charge on any atom is -0.315 e. The molecule has 17 heavy (non-hydrogen) atoms. The number of hydrogen-bond donors (Lipinski definition) is 1. The molecule has 0 aromatic rings. The van der Waals surface area contributed by atoms with E-state index in [9.17, 15) is 13.2 Å². The second kappa shape index (κ2) is 8.75. The van der Waals surface area contributed by atoms with Gasteiger partial charge in [-0.3, -0.25) is 4.90 Å². The number of unbranched alkanes of at least 4 members (excludes halogenated alkanes) is 2. The lowest BCUT2D eigenvalue weighted by Gasteiger charge is -2.28. The number of hydrogen-bond acceptors (Lipinski definition) is 2. The van der Waals surface area contributed by atoms with Gasteiger partial charge in [-0.15, -0.1) is 0 Å². The number of nitrogens with zero attached hydrogens (tertiary/aromatic N) is 1. The summed E-state index contributed by atoms with van der Waals surface area (Å²) in [6.07, 6.45) is -0.686. The topological polar surface area (TPSA) is 15.3 Å². The molecule has 0 aromatic carbocycles. The molecule has 0 heterocycles. The Kier molecular flexibility index (Phi) is 8.60. The molecule has 0 aromatic heterocycles. The van der Waals surface area contributed by atoms with Gasteiger partial charge in [0.15, 0.2) is 0 Å². The van der Waals surface area contributed by atoms with Gasteiger partial charge < -0.3 is 5.32 Å². The van der Waals surface area contributed by atoms with Gasteiger partial charge in [0.25, 0.3) is 0 Å². The monoisotopic (exact) mass is 254 g/mol. The van der Waals surface area contributed by atoms with E-state index in [1.807, 2.05) is 6.92 Å². The van der Waals surface area contributed by atoms with Crippen molar-refractivity contribution in [1.29, 1.82) is 0 Å². The predicted molar refractivity (Wildman–Crippen MR) is 65.2 cm³/mol. The summed E-state index contributed by atoms with van der Waals surface area (Å²) in [6, 6.07) is -0.0803. The third kappa shape index (κ3) is 9.41. The second-order valence-corrected chi connectivity index (χ2v) is 4.44. The van der Waals surface area contributed by atoms with Crippen molar-refractivity contribution in [2.75, 3.05) is 26.2 Å². The van der Waals surface area contributed by atoms with Gasteiger partial charge >= 0.3 is 6.18 Å². The first-order valence-corrected chi connectivity index (χ1v) is 6.42. The highest BCUT2D eigenvalue weighted by Gasteiger charge is 2.31. The van der Waals surface area contributed by atoms with E-state index in [0.717, 1.165) is 19.4 Å². The summed E-state index contributed by atoms with van der Waals surface area (Å²) in [5.41, 5.74) is 0. The fourth-order valence-electron chi connectivity index (χ4n) is 1.75. The summed E-state index contributed by atoms with van der Waals surface area (Å²) >= 11 is 0. The molecule has 2 nitrogen and oxygen atoms in total. The Hall–Kier alpha value is -0.290. The van der Waals surface area contributed by atoms with Gasteiger partial charge in [0, 0.05) is 12.6 Å². The van der Waals surface area contributed by atoms with E-state index in [2.05, 4.69) is 12.2 Å². The van der Waals surface area contributed by atoms with Crippen molar-refractivity contribution in [3.05, 3.63) is 0 Å². The Morgan fingerprint density at radius 3 is 2.29 bits per heavy atom. The fraction of sp³-hybridized carbons (Fsp3) is 1.00. The molecule has 0 saturated heterocycles. The number of halogens is 3. The highest BCUT2D eigenvalue weighted by Crippen LogP contribution is 2.17. The smallest absolute Gasteiger partial charge is 0.315 e. The van der Waals surface area contributed by atoms with Crippen LogP contribution >= 0.6 is 0 Å². The molecule has 0 aliphatic carbocycles. The van der Waals surface area contributed by atoms with E-state index in [-0.39, 0.29) is 6.04 Å². The molecule has 0 radical (unpaired) electrons. The summed E-state index contributed by atoms with van der Waals surface area (Å²) < 4.78 is 36.8. The minimum absolute atomic E-state index is 0.0803. The molecule has 0 bridgehead atoms. The molecule has 5 heteroatoms. The quantitative estimate of drug-likeness (QED) is 0.636. The highest BCUT2D eigenvalue weighted by atomic mass is 19.4. The van der Waals surface area contributed by atoms with Crippen molar-refractivity contribution in [1.82, 2.24) is 10.2 Å². The van der Waals surface area contributed by atoms with E-state index >= 15 is 0 Å². The largest absolute Gasteiger partial charge is 0.401 e. The summed E-state index contributed by atoms with van der Waals surface area (Å²) in [4.78, 5) is 1.45. The van der Waals surface area contributed by atoms with Crippen LogP contribution in [-0.2, 0) is 0 Å². The highest BCUT2D eigenvalue weighted by molar-refractivity contribution is 4.71. The lowest BCUT2D eigenvalue weighted by atomic mass is 10.2.